The molecule has 3 heteroatoms. The summed E-state index contributed by atoms with van der Waals surface area (Å²) in [6.45, 7) is 2.46. The van der Waals surface area contributed by atoms with Gasteiger partial charge in [-0.25, -0.2) is 4.98 Å². The smallest absolute Gasteiger partial charge is 0.110 e. The standard InChI is InChI=1S/C13H21N3/c1-15-7-4-6-11(15)9-13-14-10-12-5-2-3-8-16(12)13/h10-11H,2-9H2,1H3. The predicted octanol–water partition coefficient (Wildman–Crippen LogP) is 1.86. The van der Waals surface area contributed by atoms with E-state index in [-0.39, 0.29) is 0 Å². The van der Waals surface area contributed by atoms with Crippen molar-refractivity contribution < 1.29 is 0 Å². The van der Waals surface area contributed by atoms with Crippen molar-refractivity contribution in [3.8, 4) is 0 Å². The van der Waals surface area contributed by atoms with Gasteiger partial charge in [-0.1, -0.05) is 0 Å². The fraction of sp³-hybridized carbons (Fsp3) is 0.769. The van der Waals surface area contributed by atoms with Crippen LogP contribution in [0, 0.1) is 0 Å². The zero-order valence-electron chi connectivity index (χ0n) is 10.2. The summed E-state index contributed by atoms with van der Waals surface area (Å²) in [5, 5.41) is 0. The first-order valence-electron chi connectivity index (χ1n) is 6.58. The van der Waals surface area contributed by atoms with Crippen LogP contribution >= 0.6 is 0 Å². The zero-order chi connectivity index (χ0) is 11.0. The van der Waals surface area contributed by atoms with Crippen LogP contribution in [0.25, 0.3) is 0 Å². The van der Waals surface area contributed by atoms with Gasteiger partial charge in [0, 0.05) is 30.9 Å². The topological polar surface area (TPSA) is 21.1 Å². The molecule has 3 heterocycles. The largest absolute Gasteiger partial charge is 0.332 e. The van der Waals surface area contributed by atoms with Gasteiger partial charge in [0.2, 0.25) is 0 Å². The van der Waals surface area contributed by atoms with Crippen molar-refractivity contribution in [1.82, 2.24) is 14.5 Å². The van der Waals surface area contributed by atoms with Gasteiger partial charge in [0.25, 0.3) is 0 Å². The maximum atomic E-state index is 4.63. The van der Waals surface area contributed by atoms with Gasteiger partial charge < -0.3 is 9.47 Å². The molecule has 1 aromatic heterocycles. The lowest BCUT2D eigenvalue weighted by atomic mass is 10.1. The maximum absolute atomic E-state index is 4.63. The number of aromatic nitrogens is 2. The fourth-order valence-corrected chi connectivity index (χ4v) is 3.11. The summed E-state index contributed by atoms with van der Waals surface area (Å²) < 4.78 is 2.47. The minimum atomic E-state index is 0.730. The average molecular weight is 219 g/mol. The summed E-state index contributed by atoms with van der Waals surface area (Å²) >= 11 is 0. The monoisotopic (exact) mass is 219 g/mol. The molecular formula is C13H21N3. The van der Waals surface area contributed by atoms with Gasteiger partial charge in [0.1, 0.15) is 5.82 Å². The molecule has 0 aliphatic carbocycles. The van der Waals surface area contributed by atoms with Gasteiger partial charge in [-0.2, -0.15) is 0 Å². The number of nitrogens with zero attached hydrogens (tertiary/aromatic N) is 3. The van der Waals surface area contributed by atoms with Crippen LogP contribution in [0.2, 0.25) is 0 Å². The van der Waals surface area contributed by atoms with E-state index < -0.39 is 0 Å². The number of likely N-dealkylation sites (tertiary alicyclic amines) is 1. The molecule has 0 saturated carbocycles. The Bertz CT molecular complexity index is 369. The van der Waals surface area contributed by atoms with Crippen LogP contribution in [-0.4, -0.2) is 34.1 Å². The first kappa shape index (κ1) is 10.3. The summed E-state index contributed by atoms with van der Waals surface area (Å²) in [5.74, 6) is 1.33. The Morgan fingerprint density at radius 3 is 3.06 bits per heavy atom. The van der Waals surface area contributed by atoms with Gasteiger partial charge >= 0.3 is 0 Å². The molecule has 1 saturated heterocycles. The Labute approximate surface area is 97.5 Å². The number of imidazole rings is 1. The number of rotatable bonds is 2. The molecule has 2 aliphatic rings. The van der Waals surface area contributed by atoms with Crippen molar-refractivity contribution in [1.29, 1.82) is 0 Å². The molecule has 0 aromatic carbocycles. The Balaban J connectivity index is 1.76. The van der Waals surface area contributed by atoms with Gasteiger partial charge in [0.15, 0.2) is 0 Å². The van der Waals surface area contributed by atoms with E-state index in [0.717, 1.165) is 12.5 Å². The van der Waals surface area contributed by atoms with E-state index in [1.807, 2.05) is 0 Å². The van der Waals surface area contributed by atoms with Crippen molar-refractivity contribution in [2.24, 2.45) is 0 Å². The van der Waals surface area contributed by atoms with E-state index >= 15 is 0 Å². The van der Waals surface area contributed by atoms with Gasteiger partial charge in [-0.05, 0) is 45.7 Å². The molecule has 16 heavy (non-hydrogen) atoms. The number of hydrogen-bond acceptors (Lipinski definition) is 2. The van der Waals surface area contributed by atoms with E-state index in [0.29, 0.717) is 0 Å². The van der Waals surface area contributed by atoms with Crippen LogP contribution in [0.1, 0.15) is 37.2 Å². The molecule has 3 nitrogen and oxygen atoms in total. The third-order valence-electron chi connectivity index (χ3n) is 4.18. The highest BCUT2D eigenvalue weighted by atomic mass is 15.2. The summed E-state index contributed by atoms with van der Waals surface area (Å²) in [4.78, 5) is 7.12. The van der Waals surface area contributed by atoms with Gasteiger partial charge in [-0.15, -0.1) is 0 Å². The fourth-order valence-electron chi connectivity index (χ4n) is 3.11. The molecule has 0 spiro atoms. The Morgan fingerprint density at radius 1 is 1.31 bits per heavy atom. The molecule has 3 rings (SSSR count). The van der Waals surface area contributed by atoms with Crippen LogP contribution in [0.5, 0.6) is 0 Å². The van der Waals surface area contributed by atoms with E-state index in [1.54, 1.807) is 0 Å². The molecule has 1 unspecified atom stereocenters. The summed E-state index contributed by atoms with van der Waals surface area (Å²) in [7, 11) is 2.25. The summed E-state index contributed by atoms with van der Waals surface area (Å²) in [6.07, 6.45) is 9.85. The molecular weight excluding hydrogens is 198 g/mol. The second kappa shape index (κ2) is 4.21. The Hall–Kier alpha value is -0.830. The molecule has 0 N–H and O–H groups in total. The highest BCUT2D eigenvalue weighted by Gasteiger charge is 2.24. The van der Waals surface area contributed by atoms with Crippen LogP contribution in [-0.2, 0) is 19.4 Å². The molecule has 1 fully saturated rings. The third kappa shape index (κ3) is 1.77. The van der Waals surface area contributed by atoms with Crippen molar-refractivity contribution in [3.05, 3.63) is 17.7 Å². The number of aryl methyl sites for hydroxylation is 1. The second-order valence-corrected chi connectivity index (χ2v) is 5.26. The van der Waals surface area contributed by atoms with Crippen molar-refractivity contribution in [2.45, 2.75) is 51.1 Å². The average Bonchev–Trinajstić information content (AvgIpc) is 2.88. The van der Waals surface area contributed by atoms with Crippen molar-refractivity contribution in [2.75, 3.05) is 13.6 Å². The Kier molecular flexibility index (Phi) is 2.72. The number of fused-ring (bicyclic) bond motifs is 1. The minimum Gasteiger partial charge on any atom is -0.332 e. The molecule has 0 amide bonds. The van der Waals surface area contributed by atoms with Crippen molar-refractivity contribution >= 4 is 0 Å². The van der Waals surface area contributed by atoms with E-state index in [9.17, 15) is 0 Å². The summed E-state index contributed by atoms with van der Waals surface area (Å²) in [5.41, 5.74) is 1.46. The lowest BCUT2D eigenvalue weighted by Gasteiger charge is -2.21. The van der Waals surface area contributed by atoms with E-state index in [1.165, 1.54) is 56.7 Å². The third-order valence-corrected chi connectivity index (χ3v) is 4.18. The summed E-state index contributed by atoms with van der Waals surface area (Å²) in [6, 6.07) is 0.730. The highest BCUT2D eigenvalue weighted by Crippen LogP contribution is 2.22. The van der Waals surface area contributed by atoms with Crippen LogP contribution in [0.15, 0.2) is 6.20 Å². The normalized spacial score (nSPS) is 25.9. The van der Waals surface area contributed by atoms with Crippen LogP contribution in [0.3, 0.4) is 0 Å². The quantitative estimate of drug-likeness (QED) is 0.757. The lowest BCUT2D eigenvalue weighted by molar-refractivity contribution is 0.302. The molecule has 2 aliphatic heterocycles. The molecule has 0 radical (unpaired) electrons. The van der Waals surface area contributed by atoms with E-state index in [2.05, 4.69) is 27.7 Å². The van der Waals surface area contributed by atoms with Crippen molar-refractivity contribution in [3.63, 3.8) is 0 Å². The molecule has 1 atom stereocenters. The first-order valence-corrected chi connectivity index (χ1v) is 6.58. The molecule has 1 aromatic rings. The number of likely N-dealkylation sites (N-methyl/N-ethyl adjacent to an activating group) is 1. The van der Waals surface area contributed by atoms with Crippen LogP contribution < -0.4 is 0 Å². The van der Waals surface area contributed by atoms with Gasteiger partial charge in [-0.3, -0.25) is 0 Å². The van der Waals surface area contributed by atoms with E-state index in [4.69, 9.17) is 0 Å². The zero-order valence-corrected chi connectivity index (χ0v) is 10.2. The SMILES string of the molecule is CN1CCCC1Cc1ncc2n1CCCC2. The number of hydrogen-bond donors (Lipinski definition) is 0. The Morgan fingerprint density at radius 2 is 2.25 bits per heavy atom. The maximum Gasteiger partial charge on any atom is 0.110 e. The predicted molar refractivity (Wildman–Crippen MR) is 64.5 cm³/mol. The first-order chi connectivity index (χ1) is 7.84. The van der Waals surface area contributed by atoms with Crippen LogP contribution in [0.4, 0.5) is 0 Å². The lowest BCUT2D eigenvalue weighted by Crippen LogP contribution is -2.28. The molecule has 0 bridgehead atoms. The second-order valence-electron chi connectivity index (χ2n) is 5.26. The molecule has 88 valence electrons. The minimum absolute atomic E-state index is 0.730. The van der Waals surface area contributed by atoms with Gasteiger partial charge in [0.05, 0.1) is 0 Å². The highest BCUT2D eigenvalue weighted by molar-refractivity contribution is 5.09.